The van der Waals surface area contributed by atoms with Gasteiger partial charge in [0.25, 0.3) is 0 Å². The van der Waals surface area contributed by atoms with E-state index in [2.05, 4.69) is 10.3 Å². The van der Waals surface area contributed by atoms with Gasteiger partial charge in [-0.2, -0.15) is 0 Å². The molecule has 1 spiro atoms. The summed E-state index contributed by atoms with van der Waals surface area (Å²) in [6.45, 7) is 2.62. The number of fused-ring (bicyclic) bond motifs is 2. The summed E-state index contributed by atoms with van der Waals surface area (Å²) >= 11 is 0. The fourth-order valence-electron chi connectivity index (χ4n) is 1.90. The third-order valence-electron chi connectivity index (χ3n) is 2.73. The van der Waals surface area contributed by atoms with E-state index in [1.165, 1.54) is 11.1 Å². The van der Waals surface area contributed by atoms with Crippen molar-refractivity contribution in [2.24, 2.45) is 0 Å². The van der Waals surface area contributed by atoms with Crippen molar-refractivity contribution in [3.8, 4) is 0 Å². The van der Waals surface area contributed by atoms with Crippen molar-refractivity contribution >= 4 is 0 Å². The number of nitrogens with one attached hydrogen (secondary N) is 1. The fraction of sp³-hybridized carbons (Fsp3) is 0.444. The summed E-state index contributed by atoms with van der Waals surface area (Å²) in [6, 6.07) is 2.04. The van der Waals surface area contributed by atoms with Gasteiger partial charge in [-0.15, -0.1) is 0 Å². The van der Waals surface area contributed by atoms with E-state index >= 15 is 0 Å². The molecule has 0 atom stereocenters. The molecule has 3 heterocycles. The Morgan fingerprint density at radius 1 is 1.50 bits per heavy atom. The van der Waals surface area contributed by atoms with Crippen LogP contribution in [-0.4, -0.2) is 18.1 Å². The monoisotopic (exact) mass is 162 g/mol. The minimum Gasteiger partial charge on any atom is -0.363 e. The topological polar surface area (TPSA) is 34.2 Å². The lowest BCUT2D eigenvalue weighted by molar-refractivity contribution is -0.0747. The minimum atomic E-state index is -0.0242. The average molecular weight is 162 g/mol. The van der Waals surface area contributed by atoms with Gasteiger partial charge < -0.3 is 10.1 Å². The van der Waals surface area contributed by atoms with Crippen LogP contribution in [0.15, 0.2) is 18.5 Å². The molecule has 1 fully saturated rings. The van der Waals surface area contributed by atoms with Crippen LogP contribution < -0.4 is 5.32 Å². The van der Waals surface area contributed by atoms with Crippen molar-refractivity contribution in [1.29, 1.82) is 0 Å². The highest BCUT2D eigenvalue weighted by Crippen LogP contribution is 2.38. The van der Waals surface area contributed by atoms with Crippen LogP contribution in [0.4, 0.5) is 0 Å². The molecule has 1 N–H and O–H groups in total. The number of hydrogen-bond acceptors (Lipinski definition) is 3. The number of hydrogen-bond donors (Lipinski definition) is 1. The molecule has 1 saturated heterocycles. The Bertz CT molecular complexity index is 320. The number of pyridine rings is 1. The van der Waals surface area contributed by atoms with Gasteiger partial charge in [0.1, 0.15) is 5.60 Å². The third-order valence-corrected chi connectivity index (χ3v) is 2.73. The van der Waals surface area contributed by atoms with Crippen molar-refractivity contribution in [2.45, 2.75) is 12.2 Å². The van der Waals surface area contributed by atoms with Crippen molar-refractivity contribution in [3.05, 3.63) is 29.6 Å². The van der Waals surface area contributed by atoms with E-state index in [9.17, 15) is 0 Å². The zero-order valence-corrected chi connectivity index (χ0v) is 6.71. The lowest BCUT2D eigenvalue weighted by Gasteiger charge is -2.38. The molecule has 62 valence electrons. The Hall–Kier alpha value is -0.930. The molecule has 0 saturated carbocycles. The van der Waals surface area contributed by atoms with Crippen LogP contribution in [0.25, 0.3) is 0 Å². The minimum absolute atomic E-state index is 0.0242. The Morgan fingerprint density at radius 3 is 3.17 bits per heavy atom. The van der Waals surface area contributed by atoms with Crippen molar-refractivity contribution in [3.63, 3.8) is 0 Å². The van der Waals surface area contributed by atoms with E-state index in [0.717, 1.165) is 19.7 Å². The molecule has 2 aliphatic rings. The molecular weight excluding hydrogens is 152 g/mol. The molecule has 0 radical (unpaired) electrons. The number of aromatic nitrogens is 1. The van der Waals surface area contributed by atoms with Gasteiger partial charge in [-0.3, -0.25) is 4.98 Å². The zero-order valence-electron chi connectivity index (χ0n) is 6.71. The summed E-state index contributed by atoms with van der Waals surface area (Å²) in [6.07, 6.45) is 3.76. The van der Waals surface area contributed by atoms with Crippen LogP contribution >= 0.6 is 0 Å². The van der Waals surface area contributed by atoms with E-state index in [1.54, 1.807) is 0 Å². The maximum Gasteiger partial charge on any atom is 0.120 e. The Morgan fingerprint density at radius 2 is 2.42 bits per heavy atom. The lowest BCUT2D eigenvalue weighted by atomic mass is 9.89. The van der Waals surface area contributed by atoms with Crippen LogP contribution in [0.5, 0.6) is 0 Å². The highest BCUT2D eigenvalue weighted by molar-refractivity contribution is 5.35. The van der Waals surface area contributed by atoms with Gasteiger partial charge in [-0.1, -0.05) is 0 Å². The molecule has 2 aliphatic heterocycles. The molecule has 1 aromatic rings. The van der Waals surface area contributed by atoms with Gasteiger partial charge >= 0.3 is 0 Å². The first kappa shape index (κ1) is 6.57. The molecule has 0 unspecified atom stereocenters. The molecular formula is C9H10N2O. The van der Waals surface area contributed by atoms with Gasteiger partial charge in [-0.05, 0) is 11.6 Å². The maximum absolute atomic E-state index is 5.74. The molecule has 3 nitrogen and oxygen atoms in total. The van der Waals surface area contributed by atoms with Crippen LogP contribution in [-0.2, 0) is 16.9 Å². The second-order valence-corrected chi connectivity index (χ2v) is 3.42. The highest BCUT2D eigenvalue weighted by atomic mass is 16.5. The lowest BCUT2D eigenvalue weighted by Crippen LogP contribution is -2.56. The molecule has 3 rings (SSSR count). The number of rotatable bonds is 0. The average Bonchev–Trinajstić information content (AvgIpc) is 2.42. The number of nitrogens with zero attached hydrogens (tertiary/aromatic N) is 1. The quantitative estimate of drug-likeness (QED) is 0.600. The van der Waals surface area contributed by atoms with Gasteiger partial charge in [0, 0.05) is 31.0 Å². The predicted octanol–water partition coefficient (Wildman–Crippen LogP) is 0.410. The SMILES string of the molecule is c1cc2c(cn1)C1(CNC1)OC2. The maximum atomic E-state index is 5.74. The van der Waals surface area contributed by atoms with Crippen LogP contribution in [0.1, 0.15) is 11.1 Å². The third kappa shape index (κ3) is 0.653. The van der Waals surface area contributed by atoms with Crippen molar-refractivity contribution in [2.75, 3.05) is 13.1 Å². The molecule has 0 aromatic carbocycles. The summed E-state index contributed by atoms with van der Waals surface area (Å²) in [5, 5.41) is 3.23. The largest absolute Gasteiger partial charge is 0.363 e. The van der Waals surface area contributed by atoms with Crippen LogP contribution in [0.2, 0.25) is 0 Å². The molecule has 12 heavy (non-hydrogen) atoms. The first-order chi connectivity index (χ1) is 5.91. The first-order valence-electron chi connectivity index (χ1n) is 4.19. The van der Waals surface area contributed by atoms with E-state index in [0.29, 0.717) is 0 Å². The summed E-state index contributed by atoms with van der Waals surface area (Å²) in [5.74, 6) is 0. The zero-order chi connectivity index (χ0) is 8.02. The number of ether oxygens (including phenoxy) is 1. The Labute approximate surface area is 70.8 Å². The van der Waals surface area contributed by atoms with E-state index in [1.807, 2.05) is 18.5 Å². The second kappa shape index (κ2) is 2.06. The molecule has 0 bridgehead atoms. The van der Waals surface area contributed by atoms with Gasteiger partial charge in [0.2, 0.25) is 0 Å². The van der Waals surface area contributed by atoms with Gasteiger partial charge in [0.15, 0.2) is 0 Å². The molecule has 0 amide bonds. The van der Waals surface area contributed by atoms with E-state index < -0.39 is 0 Å². The Kier molecular flexibility index (Phi) is 1.13. The fourth-order valence-corrected chi connectivity index (χ4v) is 1.90. The smallest absolute Gasteiger partial charge is 0.120 e. The molecule has 1 aromatic heterocycles. The molecule has 3 heteroatoms. The van der Waals surface area contributed by atoms with Crippen LogP contribution in [0, 0.1) is 0 Å². The first-order valence-corrected chi connectivity index (χ1v) is 4.19. The van der Waals surface area contributed by atoms with Gasteiger partial charge in [-0.25, -0.2) is 0 Å². The summed E-state index contributed by atoms with van der Waals surface area (Å²) in [5.41, 5.74) is 2.55. The van der Waals surface area contributed by atoms with Crippen molar-refractivity contribution < 1.29 is 4.74 Å². The second-order valence-electron chi connectivity index (χ2n) is 3.42. The van der Waals surface area contributed by atoms with Gasteiger partial charge in [0.05, 0.1) is 6.61 Å². The summed E-state index contributed by atoms with van der Waals surface area (Å²) < 4.78 is 5.74. The normalized spacial score (nSPS) is 23.7. The predicted molar refractivity (Wildman–Crippen MR) is 43.6 cm³/mol. The van der Waals surface area contributed by atoms with E-state index in [4.69, 9.17) is 4.74 Å². The van der Waals surface area contributed by atoms with Crippen LogP contribution in [0.3, 0.4) is 0 Å². The highest BCUT2D eigenvalue weighted by Gasteiger charge is 2.45. The van der Waals surface area contributed by atoms with E-state index in [-0.39, 0.29) is 5.60 Å². The summed E-state index contributed by atoms with van der Waals surface area (Å²) in [4.78, 5) is 4.13. The van der Waals surface area contributed by atoms with Crippen molar-refractivity contribution in [1.82, 2.24) is 10.3 Å². The summed E-state index contributed by atoms with van der Waals surface area (Å²) in [7, 11) is 0. The standard InChI is InChI=1S/C9H10N2O/c1-2-10-3-8-7(1)4-12-9(8)5-11-6-9/h1-3,11H,4-6H2. The Balaban J connectivity index is 2.13. The molecule has 0 aliphatic carbocycles.